The first-order chi connectivity index (χ1) is 5.49. The first-order valence-electron chi connectivity index (χ1n) is 3.30. The molecule has 12 heavy (non-hydrogen) atoms. The molecule has 0 unspecified atom stereocenters. The summed E-state index contributed by atoms with van der Waals surface area (Å²) in [5.74, 6) is -1.38. The highest BCUT2D eigenvalue weighted by molar-refractivity contribution is 5.90. The zero-order chi connectivity index (χ0) is 9.72. The Morgan fingerprint density at radius 2 is 2.00 bits per heavy atom. The van der Waals surface area contributed by atoms with Crippen LogP contribution < -0.4 is 0 Å². The molecule has 0 fully saturated rings. The van der Waals surface area contributed by atoms with Gasteiger partial charge in [-0.15, -0.1) is 0 Å². The number of hydrogen-bond donors (Lipinski definition) is 1. The van der Waals surface area contributed by atoms with E-state index in [1.54, 1.807) is 0 Å². The van der Waals surface area contributed by atoms with E-state index in [0.717, 1.165) is 11.0 Å². The molecule has 0 saturated carbocycles. The number of likely N-dealkylation sites (N-methyl/N-ethyl adjacent to an activating group) is 1. The van der Waals surface area contributed by atoms with Crippen LogP contribution >= 0.6 is 0 Å². The molecule has 0 atom stereocenters. The lowest BCUT2D eigenvalue weighted by molar-refractivity contribution is -0.132. The Morgan fingerprint density at radius 3 is 2.33 bits per heavy atom. The number of amides is 1. The van der Waals surface area contributed by atoms with Crippen molar-refractivity contribution in [3.05, 3.63) is 24.4 Å². The van der Waals surface area contributed by atoms with Crippen LogP contribution in [0.15, 0.2) is 24.4 Å². The SMILES string of the molecule is C=CC(=O)N(C)C=C(C)C(=O)O. The fraction of sp³-hybridized carbons (Fsp3) is 0.250. The second-order valence-corrected chi connectivity index (χ2v) is 2.27. The number of carboxylic acid groups (broad SMARTS) is 1. The molecule has 0 aromatic heterocycles. The van der Waals surface area contributed by atoms with Crippen LogP contribution in [0.4, 0.5) is 0 Å². The van der Waals surface area contributed by atoms with Gasteiger partial charge in [-0.05, 0) is 13.0 Å². The van der Waals surface area contributed by atoms with Crippen LogP contribution in [0.5, 0.6) is 0 Å². The molecule has 1 N–H and O–H groups in total. The first-order valence-corrected chi connectivity index (χ1v) is 3.30. The average molecular weight is 169 g/mol. The molecule has 1 amide bonds. The van der Waals surface area contributed by atoms with E-state index in [2.05, 4.69) is 6.58 Å². The second-order valence-electron chi connectivity index (χ2n) is 2.27. The van der Waals surface area contributed by atoms with E-state index >= 15 is 0 Å². The van der Waals surface area contributed by atoms with Crippen LogP contribution in [0, 0.1) is 0 Å². The van der Waals surface area contributed by atoms with Crippen LogP contribution in [0.3, 0.4) is 0 Å². The summed E-state index contributed by atoms with van der Waals surface area (Å²) in [6.07, 6.45) is 2.36. The van der Waals surface area contributed by atoms with Gasteiger partial charge in [-0.1, -0.05) is 6.58 Å². The van der Waals surface area contributed by atoms with Crippen molar-refractivity contribution in [1.82, 2.24) is 4.90 Å². The van der Waals surface area contributed by atoms with E-state index in [9.17, 15) is 9.59 Å². The molecule has 0 aliphatic heterocycles. The van der Waals surface area contributed by atoms with E-state index in [0.29, 0.717) is 0 Å². The van der Waals surface area contributed by atoms with Crippen LogP contribution in [-0.4, -0.2) is 28.9 Å². The number of nitrogens with zero attached hydrogens (tertiary/aromatic N) is 1. The first kappa shape index (κ1) is 10.4. The van der Waals surface area contributed by atoms with Crippen LogP contribution in [0.25, 0.3) is 0 Å². The molecule has 0 aromatic rings. The second kappa shape index (κ2) is 4.33. The van der Waals surface area contributed by atoms with E-state index in [-0.39, 0.29) is 11.5 Å². The van der Waals surface area contributed by atoms with E-state index in [4.69, 9.17) is 5.11 Å². The summed E-state index contributed by atoms with van der Waals surface area (Å²) in [5, 5.41) is 8.45. The third-order valence-corrected chi connectivity index (χ3v) is 1.25. The van der Waals surface area contributed by atoms with Gasteiger partial charge in [0.1, 0.15) is 0 Å². The Bertz CT molecular complexity index is 243. The lowest BCUT2D eigenvalue weighted by Crippen LogP contribution is -2.19. The summed E-state index contributed by atoms with van der Waals surface area (Å²) < 4.78 is 0. The average Bonchev–Trinajstić information content (AvgIpc) is 2.02. The standard InChI is InChI=1S/C8H11NO3/c1-4-7(10)9(3)5-6(2)8(11)12/h4-5H,1H2,2-3H3,(H,11,12). The third-order valence-electron chi connectivity index (χ3n) is 1.25. The van der Waals surface area contributed by atoms with Gasteiger partial charge >= 0.3 is 5.97 Å². The number of carboxylic acids is 1. The normalized spacial score (nSPS) is 10.7. The quantitative estimate of drug-likeness (QED) is 0.630. The minimum absolute atomic E-state index is 0.104. The molecule has 0 heterocycles. The van der Waals surface area contributed by atoms with Crippen LogP contribution in [0.1, 0.15) is 6.92 Å². The van der Waals surface area contributed by atoms with E-state index < -0.39 is 5.97 Å². The Kier molecular flexibility index (Phi) is 3.76. The Hall–Kier alpha value is -1.58. The highest BCUT2D eigenvalue weighted by Gasteiger charge is 2.04. The highest BCUT2D eigenvalue weighted by Crippen LogP contribution is 1.96. The fourth-order valence-electron chi connectivity index (χ4n) is 0.553. The van der Waals surface area contributed by atoms with Crippen molar-refractivity contribution < 1.29 is 14.7 Å². The molecular weight excluding hydrogens is 158 g/mol. The maximum atomic E-state index is 10.8. The Balaban J connectivity index is 4.43. The summed E-state index contributed by atoms with van der Waals surface area (Å²) >= 11 is 0. The molecule has 0 saturated heterocycles. The van der Waals surface area contributed by atoms with E-state index in [1.165, 1.54) is 20.2 Å². The van der Waals surface area contributed by atoms with Crippen LogP contribution in [-0.2, 0) is 9.59 Å². The monoisotopic (exact) mass is 169 g/mol. The molecule has 0 aromatic carbocycles. The Morgan fingerprint density at radius 1 is 1.50 bits per heavy atom. The molecular formula is C8H11NO3. The van der Waals surface area contributed by atoms with Gasteiger partial charge in [0.05, 0.1) is 5.57 Å². The maximum absolute atomic E-state index is 10.8. The maximum Gasteiger partial charge on any atom is 0.332 e. The molecule has 0 aliphatic rings. The van der Waals surface area contributed by atoms with E-state index in [1.807, 2.05) is 0 Å². The summed E-state index contributed by atoms with van der Waals surface area (Å²) in [5.41, 5.74) is 0.104. The van der Waals surface area contributed by atoms with Gasteiger partial charge in [-0.2, -0.15) is 0 Å². The third kappa shape index (κ3) is 3.01. The summed E-state index contributed by atoms with van der Waals surface area (Å²) in [6, 6.07) is 0. The van der Waals surface area contributed by atoms with Gasteiger partial charge in [0.25, 0.3) is 0 Å². The number of carbonyl (C=O) groups is 2. The molecule has 0 rings (SSSR count). The largest absolute Gasteiger partial charge is 0.478 e. The number of carbonyl (C=O) groups excluding carboxylic acids is 1. The summed E-state index contributed by atoms with van der Waals surface area (Å²) in [4.78, 5) is 22.3. The number of rotatable bonds is 3. The molecule has 0 radical (unpaired) electrons. The summed E-state index contributed by atoms with van der Waals surface area (Å²) in [6.45, 7) is 4.68. The van der Waals surface area contributed by atoms with Crippen molar-refractivity contribution in [3.8, 4) is 0 Å². The molecule has 66 valence electrons. The van der Waals surface area contributed by atoms with Crippen molar-refractivity contribution in [3.63, 3.8) is 0 Å². The predicted molar refractivity (Wildman–Crippen MR) is 44.4 cm³/mol. The highest BCUT2D eigenvalue weighted by atomic mass is 16.4. The Labute approximate surface area is 70.8 Å². The smallest absolute Gasteiger partial charge is 0.332 e. The van der Waals surface area contributed by atoms with Crippen LogP contribution in [0.2, 0.25) is 0 Å². The van der Waals surface area contributed by atoms with Crippen molar-refractivity contribution in [1.29, 1.82) is 0 Å². The number of hydrogen-bond acceptors (Lipinski definition) is 2. The van der Waals surface area contributed by atoms with Gasteiger partial charge in [0, 0.05) is 13.2 Å². The molecule has 0 aliphatic carbocycles. The van der Waals surface area contributed by atoms with Gasteiger partial charge in [-0.25, -0.2) is 4.79 Å². The van der Waals surface area contributed by atoms with Gasteiger partial charge in [0.15, 0.2) is 0 Å². The van der Waals surface area contributed by atoms with Crippen molar-refractivity contribution in [2.24, 2.45) is 0 Å². The van der Waals surface area contributed by atoms with Crippen molar-refractivity contribution >= 4 is 11.9 Å². The lowest BCUT2D eigenvalue weighted by Gasteiger charge is -2.08. The van der Waals surface area contributed by atoms with Crippen molar-refractivity contribution in [2.75, 3.05) is 7.05 Å². The summed E-state index contributed by atoms with van der Waals surface area (Å²) in [7, 11) is 1.47. The molecule has 4 heteroatoms. The fourth-order valence-corrected chi connectivity index (χ4v) is 0.553. The van der Waals surface area contributed by atoms with Gasteiger partial charge in [-0.3, -0.25) is 4.79 Å². The topological polar surface area (TPSA) is 57.6 Å². The molecule has 0 spiro atoms. The molecule has 4 nitrogen and oxygen atoms in total. The zero-order valence-corrected chi connectivity index (χ0v) is 7.07. The van der Waals surface area contributed by atoms with Gasteiger partial charge in [0.2, 0.25) is 5.91 Å². The number of aliphatic carboxylic acids is 1. The predicted octanol–water partition coefficient (Wildman–Crippen LogP) is 0.619. The zero-order valence-electron chi connectivity index (χ0n) is 7.07. The molecule has 0 bridgehead atoms. The van der Waals surface area contributed by atoms with Gasteiger partial charge < -0.3 is 10.0 Å². The minimum atomic E-state index is -1.04. The van der Waals surface area contributed by atoms with Crippen molar-refractivity contribution in [2.45, 2.75) is 6.92 Å². The lowest BCUT2D eigenvalue weighted by atomic mass is 10.3. The minimum Gasteiger partial charge on any atom is -0.478 e.